The van der Waals surface area contributed by atoms with Gasteiger partial charge in [-0.05, 0) is 38.5 Å². The molecular formula is C18H29Cl2N5O. The van der Waals surface area contributed by atoms with Crippen LogP contribution in [-0.4, -0.2) is 59.0 Å². The monoisotopic (exact) mass is 401 g/mol. The number of rotatable bonds is 3. The average molecular weight is 402 g/mol. The molecule has 0 saturated carbocycles. The molecule has 3 aliphatic heterocycles. The Labute approximate surface area is 167 Å². The summed E-state index contributed by atoms with van der Waals surface area (Å²) < 4.78 is 0. The summed E-state index contributed by atoms with van der Waals surface area (Å²) in [5.41, 5.74) is 0. The Hall–Kier alpha value is -1.11. The molecule has 3 fully saturated rings. The predicted molar refractivity (Wildman–Crippen MR) is 107 cm³/mol. The van der Waals surface area contributed by atoms with Gasteiger partial charge in [-0.2, -0.15) is 0 Å². The molecule has 3 aliphatic rings. The highest BCUT2D eigenvalue weighted by atomic mass is 35.5. The lowest BCUT2D eigenvalue weighted by Gasteiger charge is -2.39. The van der Waals surface area contributed by atoms with Crippen LogP contribution in [0, 0.1) is 5.92 Å². The van der Waals surface area contributed by atoms with E-state index in [4.69, 9.17) is 0 Å². The summed E-state index contributed by atoms with van der Waals surface area (Å²) in [6, 6.07) is 1.68. The van der Waals surface area contributed by atoms with Crippen LogP contribution in [0.4, 0.5) is 5.82 Å². The Morgan fingerprint density at radius 3 is 2.35 bits per heavy atom. The predicted octanol–water partition coefficient (Wildman–Crippen LogP) is 2.28. The van der Waals surface area contributed by atoms with Gasteiger partial charge in [0.05, 0.1) is 6.20 Å². The summed E-state index contributed by atoms with van der Waals surface area (Å²) in [5.74, 6) is 1.43. The van der Waals surface area contributed by atoms with E-state index < -0.39 is 0 Å². The zero-order chi connectivity index (χ0) is 16.5. The number of amides is 1. The molecule has 26 heavy (non-hydrogen) atoms. The zero-order valence-corrected chi connectivity index (χ0v) is 16.8. The van der Waals surface area contributed by atoms with E-state index in [-0.39, 0.29) is 30.7 Å². The number of nitrogens with one attached hydrogen (secondary N) is 1. The Balaban J connectivity index is 0.00000121. The molecule has 0 radical (unpaired) electrons. The van der Waals surface area contributed by atoms with Gasteiger partial charge in [0.1, 0.15) is 5.82 Å². The maximum absolute atomic E-state index is 12.9. The first kappa shape index (κ1) is 21.2. The van der Waals surface area contributed by atoms with E-state index in [1.165, 1.54) is 12.8 Å². The van der Waals surface area contributed by atoms with Crippen molar-refractivity contribution >= 4 is 36.5 Å². The molecule has 0 aliphatic carbocycles. The van der Waals surface area contributed by atoms with Gasteiger partial charge < -0.3 is 15.1 Å². The van der Waals surface area contributed by atoms with Crippen LogP contribution in [0.2, 0.25) is 0 Å². The Morgan fingerprint density at radius 2 is 1.77 bits per heavy atom. The molecule has 1 aromatic heterocycles. The molecule has 4 heterocycles. The molecule has 2 bridgehead atoms. The van der Waals surface area contributed by atoms with E-state index >= 15 is 0 Å². The van der Waals surface area contributed by atoms with Crippen molar-refractivity contribution in [2.24, 2.45) is 5.92 Å². The minimum Gasteiger partial charge on any atom is -0.355 e. The van der Waals surface area contributed by atoms with Crippen molar-refractivity contribution in [3.8, 4) is 0 Å². The molecule has 0 aromatic carbocycles. The summed E-state index contributed by atoms with van der Waals surface area (Å²) >= 11 is 0. The van der Waals surface area contributed by atoms with Gasteiger partial charge in [0.2, 0.25) is 5.91 Å². The molecule has 0 spiro atoms. The summed E-state index contributed by atoms with van der Waals surface area (Å²) in [6.45, 7) is 1.78. The van der Waals surface area contributed by atoms with Gasteiger partial charge in [-0.3, -0.25) is 9.78 Å². The van der Waals surface area contributed by atoms with E-state index in [0.717, 1.165) is 44.6 Å². The summed E-state index contributed by atoms with van der Waals surface area (Å²) in [6.07, 6.45) is 11.9. The molecule has 8 heteroatoms. The van der Waals surface area contributed by atoms with Crippen LogP contribution in [-0.2, 0) is 4.79 Å². The second-order valence-electron chi connectivity index (χ2n) is 7.54. The summed E-state index contributed by atoms with van der Waals surface area (Å²) in [5, 5.41) is 3.66. The van der Waals surface area contributed by atoms with Crippen LogP contribution in [0.3, 0.4) is 0 Å². The van der Waals surface area contributed by atoms with Crippen molar-refractivity contribution in [3.05, 3.63) is 18.6 Å². The Bertz CT molecular complexity index is 570. The summed E-state index contributed by atoms with van der Waals surface area (Å²) in [4.78, 5) is 25.7. The molecular weight excluding hydrogens is 373 g/mol. The van der Waals surface area contributed by atoms with Crippen molar-refractivity contribution in [2.45, 2.75) is 56.7 Å². The van der Waals surface area contributed by atoms with Crippen molar-refractivity contribution in [3.63, 3.8) is 0 Å². The first-order valence-corrected chi connectivity index (χ1v) is 9.24. The number of fused-ring (bicyclic) bond motifs is 2. The second-order valence-corrected chi connectivity index (χ2v) is 7.54. The number of carbonyl (C=O) groups is 1. The van der Waals surface area contributed by atoms with E-state index in [1.54, 1.807) is 18.6 Å². The molecule has 1 amide bonds. The molecule has 4 rings (SSSR count). The van der Waals surface area contributed by atoms with E-state index in [1.807, 2.05) is 7.05 Å². The van der Waals surface area contributed by atoms with Gasteiger partial charge in [0, 0.05) is 56.6 Å². The van der Waals surface area contributed by atoms with Gasteiger partial charge in [-0.15, -0.1) is 24.8 Å². The maximum Gasteiger partial charge on any atom is 0.225 e. The smallest absolute Gasteiger partial charge is 0.225 e. The summed E-state index contributed by atoms with van der Waals surface area (Å²) in [7, 11) is 2.02. The van der Waals surface area contributed by atoms with Crippen molar-refractivity contribution in [2.75, 3.05) is 25.0 Å². The third-order valence-corrected chi connectivity index (χ3v) is 6.06. The number of nitrogens with zero attached hydrogens (tertiary/aromatic N) is 4. The van der Waals surface area contributed by atoms with E-state index in [0.29, 0.717) is 24.0 Å². The van der Waals surface area contributed by atoms with Crippen LogP contribution in [0.15, 0.2) is 18.6 Å². The largest absolute Gasteiger partial charge is 0.355 e. The van der Waals surface area contributed by atoms with Crippen molar-refractivity contribution < 1.29 is 4.79 Å². The zero-order valence-electron chi connectivity index (χ0n) is 15.2. The lowest BCUT2D eigenvalue weighted by molar-refractivity contribution is -0.137. The van der Waals surface area contributed by atoms with Gasteiger partial charge in [-0.1, -0.05) is 0 Å². The molecule has 1 aromatic rings. The highest BCUT2D eigenvalue weighted by Gasteiger charge is 2.38. The third-order valence-electron chi connectivity index (χ3n) is 6.06. The molecule has 3 saturated heterocycles. The lowest BCUT2D eigenvalue weighted by Crippen LogP contribution is -2.51. The quantitative estimate of drug-likeness (QED) is 0.841. The topological polar surface area (TPSA) is 61.4 Å². The average Bonchev–Trinajstić information content (AvgIpc) is 2.99. The standard InChI is InChI=1S/C18H27N5O.2ClH/c1-22(16-10-14-2-3-15(11-16)21-14)18(24)13-4-8-23(9-5-13)17-12-19-6-7-20-17;;/h6-7,12-16,21H,2-5,8-11H2,1H3;2*1H. The number of anilines is 1. The second kappa shape index (κ2) is 9.20. The number of aromatic nitrogens is 2. The Kier molecular flexibility index (Phi) is 7.50. The molecule has 2 atom stereocenters. The normalized spacial score (nSPS) is 28.0. The van der Waals surface area contributed by atoms with Gasteiger partial charge in [-0.25, -0.2) is 4.98 Å². The fraction of sp³-hybridized carbons (Fsp3) is 0.722. The van der Waals surface area contributed by atoms with Crippen LogP contribution in [0.5, 0.6) is 0 Å². The highest BCUT2D eigenvalue weighted by Crippen LogP contribution is 2.31. The van der Waals surface area contributed by atoms with Crippen LogP contribution >= 0.6 is 24.8 Å². The van der Waals surface area contributed by atoms with Crippen LogP contribution < -0.4 is 10.2 Å². The third kappa shape index (κ3) is 4.41. The molecule has 2 unspecified atom stereocenters. The first-order valence-electron chi connectivity index (χ1n) is 9.24. The maximum atomic E-state index is 12.9. The van der Waals surface area contributed by atoms with Crippen LogP contribution in [0.25, 0.3) is 0 Å². The molecule has 1 N–H and O–H groups in total. The fourth-order valence-corrected chi connectivity index (χ4v) is 4.62. The van der Waals surface area contributed by atoms with Crippen LogP contribution in [0.1, 0.15) is 38.5 Å². The first-order chi connectivity index (χ1) is 11.7. The van der Waals surface area contributed by atoms with Crippen molar-refractivity contribution in [1.82, 2.24) is 20.2 Å². The molecule has 6 nitrogen and oxygen atoms in total. The van der Waals surface area contributed by atoms with Gasteiger partial charge in [0.25, 0.3) is 0 Å². The number of hydrogen-bond acceptors (Lipinski definition) is 5. The van der Waals surface area contributed by atoms with Crippen molar-refractivity contribution in [1.29, 1.82) is 0 Å². The van der Waals surface area contributed by atoms with Gasteiger partial charge in [0.15, 0.2) is 0 Å². The number of piperidine rings is 2. The lowest BCUT2D eigenvalue weighted by atomic mass is 9.92. The SMILES string of the molecule is CN(C(=O)C1CCN(c2cnccn2)CC1)C1CC2CCC(C1)N2.Cl.Cl. The highest BCUT2D eigenvalue weighted by molar-refractivity contribution is 5.85. The van der Waals surface area contributed by atoms with E-state index in [2.05, 4.69) is 25.1 Å². The number of hydrogen-bond donors (Lipinski definition) is 1. The fourth-order valence-electron chi connectivity index (χ4n) is 4.62. The Morgan fingerprint density at radius 1 is 1.12 bits per heavy atom. The minimum absolute atomic E-state index is 0. The molecule has 146 valence electrons. The minimum atomic E-state index is 0. The van der Waals surface area contributed by atoms with E-state index in [9.17, 15) is 4.79 Å². The van der Waals surface area contributed by atoms with Gasteiger partial charge >= 0.3 is 0 Å². The number of halogens is 2. The number of carbonyl (C=O) groups excluding carboxylic acids is 1.